The zero-order chi connectivity index (χ0) is 11.7. The van der Waals surface area contributed by atoms with Crippen LogP contribution in [0.1, 0.15) is 27.0 Å². The number of pyridine rings is 1. The van der Waals surface area contributed by atoms with E-state index >= 15 is 0 Å². The molecular weight excluding hydrogens is 212 g/mol. The minimum Gasteiger partial charge on any atom is -0.309 e. The molecule has 0 atom stereocenters. The maximum Gasteiger partial charge on any atom is 0.193 e. The Morgan fingerprint density at radius 1 is 1.00 bits per heavy atom. The predicted molar refractivity (Wildman–Crippen MR) is 64.7 cm³/mol. The molecule has 0 aliphatic carbocycles. The van der Waals surface area contributed by atoms with Gasteiger partial charge in [-0.3, -0.25) is 9.78 Å². The second kappa shape index (κ2) is 4.11. The first-order valence-corrected chi connectivity index (χ1v) is 5.62. The highest BCUT2D eigenvalue weighted by Gasteiger charge is 2.14. The molecule has 1 aromatic carbocycles. The maximum atomic E-state index is 12.2. The third-order valence-corrected chi connectivity index (χ3v) is 3.04. The molecule has 3 rings (SSSR count). The lowest BCUT2D eigenvalue weighted by molar-refractivity contribution is 0.103. The molecule has 1 N–H and O–H groups in total. The van der Waals surface area contributed by atoms with Crippen LogP contribution in [0.4, 0.5) is 0 Å². The summed E-state index contributed by atoms with van der Waals surface area (Å²) < 4.78 is 0. The molecule has 1 aliphatic heterocycles. The average molecular weight is 224 g/mol. The van der Waals surface area contributed by atoms with Crippen LogP contribution in [0.25, 0.3) is 0 Å². The van der Waals surface area contributed by atoms with Gasteiger partial charge in [0.2, 0.25) is 0 Å². The molecule has 0 saturated heterocycles. The summed E-state index contributed by atoms with van der Waals surface area (Å²) in [6.07, 6.45) is 3.28. The average Bonchev–Trinajstić information content (AvgIpc) is 2.86. The molecule has 0 fully saturated rings. The normalized spacial score (nSPS) is 13.4. The molecule has 1 aliphatic rings. The van der Waals surface area contributed by atoms with Gasteiger partial charge in [0.25, 0.3) is 0 Å². The lowest BCUT2D eigenvalue weighted by Crippen LogP contribution is -2.02. The summed E-state index contributed by atoms with van der Waals surface area (Å²) in [6, 6.07) is 9.40. The lowest BCUT2D eigenvalue weighted by atomic mass is 10.00. The van der Waals surface area contributed by atoms with E-state index in [1.165, 1.54) is 11.1 Å². The van der Waals surface area contributed by atoms with E-state index in [9.17, 15) is 4.79 Å². The molecule has 17 heavy (non-hydrogen) atoms. The standard InChI is InChI=1S/C14H12N2O/c17-14(10-3-5-15-6-4-10)11-1-2-12-8-16-9-13(12)7-11/h1-7,16H,8-9H2. The van der Waals surface area contributed by atoms with E-state index in [0.29, 0.717) is 5.56 Å². The lowest BCUT2D eigenvalue weighted by Gasteiger charge is -2.03. The molecule has 2 heterocycles. The van der Waals surface area contributed by atoms with Crippen molar-refractivity contribution < 1.29 is 4.79 Å². The number of carbonyl (C=O) groups excluding carboxylic acids is 1. The largest absolute Gasteiger partial charge is 0.309 e. The SMILES string of the molecule is O=C(c1ccncc1)c1ccc2c(c1)CNC2. The van der Waals surface area contributed by atoms with Crippen LogP contribution >= 0.6 is 0 Å². The number of carbonyl (C=O) groups is 1. The number of ketones is 1. The van der Waals surface area contributed by atoms with Gasteiger partial charge in [-0.2, -0.15) is 0 Å². The number of benzene rings is 1. The third kappa shape index (κ3) is 1.85. The molecule has 0 bridgehead atoms. The van der Waals surface area contributed by atoms with Crippen molar-refractivity contribution >= 4 is 5.78 Å². The van der Waals surface area contributed by atoms with Crippen molar-refractivity contribution in [3.63, 3.8) is 0 Å². The van der Waals surface area contributed by atoms with Gasteiger partial charge in [0.05, 0.1) is 0 Å². The highest BCUT2D eigenvalue weighted by molar-refractivity contribution is 6.09. The van der Waals surface area contributed by atoms with Crippen LogP contribution in [0.5, 0.6) is 0 Å². The van der Waals surface area contributed by atoms with Gasteiger partial charge in [-0.25, -0.2) is 0 Å². The van der Waals surface area contributed by atoms with Crippen LogP contribution in [0.15, 0.2) is 42.7 Å². The topological polar surface area (TPSA) is 42.0 Å². The summed E-state index contributed by atoms with van der Waals surface area (Å²) >= 11 is 0. The van der Waals surface area contributed by atoms with Crippen LogP contribution in [0, 0.1) is 0 Å². The van der Waals surface area contributed by atoms with Crippen molar-refractivity contribution in [2.45, 2.75) is 13.1 Å². The van der Waals surface area contributed by atoms with Gasteiger partial charge < -0.3 is 5.32 Å². The summed E-state index contributed by atoms with van der Waals surface area (Å²) in [4.78, 5) is 16.1. The van der Waals surface area contributed by atoms with Crippen molar-refractivity contribution in [1.82, 2.24) is 10.3 Å². The van der Waals surface area contributed by atoms with Gasteiger partial charge in [-0.05, 0) is 29.3 Å². The van der Waals surface area contributed by atoms with Crippen LogP contribution in [-0.2, 0) is 13.1 Å². The molecular formula is C14H12N2O. The van der Waals surface area contributed by atoms with E-state index < -0.39 is 0 Å². The Morgan fingerprint density at radius 3 is 2.59 bits per heavy atom. The van der Waals surface area contributed by atoms with Gasteiger partial charge in [0, 0.05) is 36.6 Å². The van der Waals surface area contributed by atoms with Crippen LogP contribution < -0.4 is 5.32 Å². The van der Waals surface area contributed by atoms with Crippen molar-refractivity contribution in [2.24, 2.45) is 0 Å². The van der Waals surface area contributed by atoms with E-state index in [-0.39, 0.29) is 5.78 Å². The number of nitrogens with one attached hydrogen (secondary N) is 1. The third-order valence-electron chi connectivity index (χ3n) is 3.04. The predicted octanol–water partition coefficient (Wildman–Crippen LogP) is 1.92. The van der Waals surface area contributed by atoms with E-state index in [1.54, 1.807) is 24.5 Å². The molecule has 0 spiro atoms. The Kier molecular flexibility index (Phi) is 2.46. The minimum atomic E-state index is 0.0575. The molecule has 0 amide bonds. The van der Waals surface area contributed by atoms with Crippen molar-refractivity contribution in [3.8, 4) is 0 Å². The molecule has 1 aromatic heterocycles. The van der Waals surface area contributed by atoms with Gasteiger partial charge in [-0.15, -0.1) is 0 Å². The Morgan fingerprint density at radius 2 is 1.76 bits per heavy atom. The number of rotatable bonds is 2. The molecule has 3 heteroatoms. The fourth-order valence-electron chi connectivity index (χ4n) is 2.11. The Hall–Kier alpha value is -2.00. The highest BCUT2D eigenvalue weighted by Crippen LogP contribution is 2.18. The monoisotopic (exact) mass is 224 g/mol. The summed E-state index contributed by atoms with van der Waals surface area (Å²) in [5, 5.41) is 3.27. The molecule has 0 saturated carbocycles. The number of hydrogen-bond acceptors (Lipinski definition) is 3. The summed E-state index contributed by atoms with van der Waals surface area (Å²) in [5.41, 5.74) is 3.95. The molecule has 2 aromatic rings. The van der Waals surface area contributed by atoms with E-state index in [4.69, 9.17) is 0 Å². The van der Waals surface area contributed by atoms with E-state index in [2.05, 4.69) is 10.3 Å². The first-order chi connectivity index (χ1) is 8.34. The van der Waals surface area contributed by atoms with Gasteiger partial charge in [-0.1, -0.05) is 12.1 Å². The fourth-order valence-corrected chi connectivity index (χ4v) is 2.11. The maximum absolute atomic E-state index is 12.2. The van der Waals surface area contributed by atoms with Gasteiger partial charge in [0.1, 0.15) is 0 Å². The van der Waals surface area contributed by atoms with Crippen molar-refractivity contribution in [2.75, 3.05) is 0 Å². The first-order valence-electron chi connectivity index (χ1n) is 5.62. The Bertz CT molecular complexity index is 564. The van der Waals surface area contributed by atoms with Crippen molar-refractivity contribution in [1.29, 1.82) is 0 Å². The van der Waals surface area contributed by atoms with Crippen molar-refractivity contribution in [3.05, 3.63) is 65.0 Å². The van der Waals surface area contributed by atoms with Gasteiger partial charge in [0.15, 0.2) is 5.78 Å². The second-order valence-electron chi connectivity index (χ2n) is 4.15. The number of fused-ring (bicyclic) bond motifs is 1. The number of hydrogen-bond donors (Lipinski definition) is 1. The van der Waals surface area contributed by atoms with E-state index in [0.717, 1.165) is 18.7 Å². The molecule has 84 valence electrons. The summed E-state index contributed by atoms with van der Waals surface area (Å²) in [7, 11) is 0. The summed E-state index contributed by atoms with van der Waals surface area (Å²) in [5.74, 6) is 0.0575. The van der Waals surface area contributed by atoms with Crippen LogP contribution in [-0.4, -0.2) is 10.8 Å². The molecule has 3 nitrogen and oxygen atoms in total. The minimum absolute atomic E-state index is 0.0575. The van der Waals surface area contributed by atoms with Crippen LogP contribution in [0.3, 0.4) is 0 Å². The van der Waals surface area contributed by atoms with E-state index in [1.807, 2.05) is 18.2 Å². The summed E-state index contributed by atoms with van der Waals surface area (Å²) in [6.45, 7) is 1.76. The first kappa shape index (κ1) is 10.2. The Balaban J connectivity index is 1.97. The number of aromatic nitrogens is 1. The quantitative estimate of drug-likeness (QED) is 0.792. The van der Waals surface area contributed by atoms with Crippen LogP contribution in [0.2, 0.25) is 0 Å². The fraction of sp³-hybridized carbons (Fsp3) is 0.143. The zero-order valence-corrected chi connectivity index (χ0v) is 9.31. The zero-order valence-electron chi connectivity index (χ0n) is 9.31. The molecule has 0 radical (unpaired) electrons. The smallest absolute Gasteiger partial charge is 0.193 e. The van der Waals surface area contributed by atoms with Gasteiger partial charge >= 0.3 is 0 Å². The highest BCUT2D eigenvalue weighted by atomic mass is 16.1. The molecule has 0 unspecified atom stereocenters. The Labute approximate surface area is 99.5 Å². The second-order valence-corrected chi connectivity index (χ2v) is 4.15. The number of nitrogens with zero attached hydrogens (tertiary/aromatic N) is 1.